The number of hydrogen-bond donors (Lipinski definition) is 2. The largest absolute Gasteiger partial charge is 0.394 e. The summed E-state index contributed by atoms with van der Waals surface area (Å²) < 4.78 is 10.7. The van der Waals surface area contributed by atoms with Crippen LogP contribution >= 0.6 is 0 Å². The average Bonchev–Trinajstić information content (AvgIpc) is 2.40. The van der Waals surface area contributed by atoms with Gasteiger partial charge < -0.3 is 19.9 Å². The lowest BCUT2D eigenvalue weighted by molar-refractivity contribution is -0.161. The number of carbonyl (C=O) groups excluding carboxylic acids is 1. The van der Waals surface area contributed by atoms with Crippen molar-refractivity contribution in [2.45, 2.75) is 44.9 Å². The van der Waals surface area contributed by atoms with Crippen LogP contribution in [0.4, 0.5) is 0 Å². The number of amides is 1. The Morgan fingerprint density at radius 2 is 2.30 bits per heavy atom. The van der Waals surface area contributed by atoms with E-state index in [1.807, 2.05) is 20.8 Å². The summed E-state index contributed by atoms with van der Waals surface area (Å²) in [6.07, 6.45) is 0.575. The first-order chi connectivity index (χ1) is 9.39. The predicted molar refractivity (Wildman–Crippen MR) is 76.6 cm³/mol. The summed E-state index contributed by atoms with van der Waals surface area (Å²) in [6.45, 7) is 8.34. The monoisotopic (exact) mass is 288 g/mol. The van der Waals surface area contributed by atoms with E-state index in [0.29, 0.717) is 26.2 Å². The number of ether oxygens (including phenoxy) is 2. The molecular weight excluding hydrogens is 260 g/mol. The van der Waals surface area contributed by atoms with Crippen LogP contribution in [0.2, 0.25) is 0 Å². The number of rotatable bonds is 7. The van der Waals surface area contributed by atoms with E-state index < -0.39 is 0 Å². The van der Waals surface area contributed by atoms with E-state index in [4.69, 9.17) is 9.47 Å². The number of aliphatic hydroxyl groups is 1. The highest BCUT2D eigenvalue weighted by molar-refractivity contribution is 5.81. The molecule has 0 aromatic carbocycles. The number of hydrogen-bond acceptors (Lipinski definition) is 5. The first-order valence-electron chi connectivity index (χ1n) is 7.19. The highest BCUT2D eigenvalue weighted by Crippen LogP contribution is 2.22. The molecule has 1 heterocycles. The molecule has 2 N–H and O–H groups in total. The molecule has 118 valence electrons. The maximum Gasteiger partial charge on any atom is 0.237 e. The molecule has 1 rings (SSSR count). The Morgan fingerprint density at radius 1 is 1.60 bits per heavy atom. The van der Waals surface area contributed by atoms with Gasteiger partial charge in [0.2, 0.25) is 5.91 Å². The number of aliphatic hydroxyl groups excluding tert-OH is 1. The first kappa shape index (κ1) is 17.4. The fourth-order valence-electron chi connectivity index (χ4n) is 2.47. The summed E-state index contributed by atoms with van der Waals surface area (Å²) in [5.74, 6) is 0.00972. The van der Waals surface area contributed by atoms with Crippen molar-refractivity contribution in [1.82, 2.24) is 10.2 Å². The molecule has 0 saturated carbocycles. The third-order valence-corrected chi connectivity index (χ3v) is 3.46. The Morgan fingerprint density at radius 3 is 2.90 bits per heavy atom. The number of morpholine rings is 1. The predicted octanol–water partition coefficient (Wildman–Crippen LogP) is -0.000700. The van der Waals surface area contributed by atoms with Crippen molar-refractivity contribution in [3.05, 3.63) is 0 Å². The van der Waals surface area contributed by atoms with Crippen molar-refractivity contribution in [3.8, 4) is 0 Å². The number of methoxy groups -OCH3 is 1. The number of carbonyl (C=O) groups is 1. The molecule has 6 nitrogen and oxygen atoms in total. The smallest absolute Gasteiger partial charge is 0.237 e. The van der Waals surface area contributed by atoms with Gasteiger partial charge in [0.05, 0.1) is 24.4 Å². The maximum absolute atomic E-state index is 12.1. The van der Waals surface area contributed by atoms with Gasteiger partial charge in [0.25, 0.3) is 0 Å². The Bertz CT molecular complexity index is 310. The van der Waals surface area contributed by atoms with E-state index in [2.05, 4.69) is 10.2 Å². The average molecular weight is 288 g/mol. The maximum atomic E-state index is 12.1. The van der Waals surface area contributed by atoms with Gasteiger partial charge in [-0.15, -0.1) is 0 Å². The summed E-state index contributed by atoms with van der Waals surface area (Å²) >= 11 is 0. The molecule has 1 fully saturated rings. The molecule has 0 bridgehead atoms. The van der Waals surface area contributed by atoms with Crippen molar-refractivity contribution in [3.63, 3.8) is 0 Å². The second-order valence-corrected chi connectivity index (χ2v) is 5.92. The molecule has 0 spiro atoms. The van der Waals surface area contributed by atoms with Gasteiger partial charge in [0, 0.05) is 33.4 Å². The summed E-state index contributed by atoms with van der Waals surface area (Å²) in [7, 11) is 1.65. The van der Waals surface area contributed by atoms with E-state index in [1.54, 1.807) is 7.11 Å². The van der Waals surface area contributed by atoms with Crippen LogP contribution in [0.3, 0.4) is 0 Å². The van der Waals surface area contributed by atoms with Crippen LogP contribution in [0.5, 0.6) is 0 Å². The first-order valence-corrected chi connectivity index (χ1v) is 7.19. The molecule has 0 aromatic heterocycles. The van der Waals surface area contributed by atoms with E-state index >= 15 is 0 Å². The second-order valence-electron chi connectivity index (χ2n) is 5.92. The van der Waals surface area contributed by atoms with Gasteiger partial charge in [0.15, 0.2) is 0 Å². The topological polar surface area (TPSA) is 71.0 Å². The Hall–Kier alpha value is -0.690. The summed E-state index contributed by atoms with van der Waals surface area (Å²) in [5, 5.41) is 12.2. The standard InChI is InChI=1S/C14H28N2O4/c1-11(13(18)15-6-5-7-19-4)16-8-12(9-17)20-14(2,3)10-16/h11-12,17H,5-10H2,1-4H3,(H,15,18). The normalized spacial score (nSPS) is 24.4. The minimum Gasteiger partial charge on any atom is -0.394 e. The van der Waals surface area contributed by atoms with Crippen LogP contribution in [0.1, 0.15) is 27.2 Å². The molecule has 1 amide bonds. The fourth-order valence-corrected chi connectivity index (χ4v) is 2.47. The summed E-state index contributed by atoms with van der Waals surface area (Å²) in [4.78, 5) is 14.2. The minimum atomic E-state index is -0.351. The molecule has 2 unspecified atom stereocenters. The molecule has 20 heavy (non-hydrogen) atoms. The second kappa shape index (κ2) is 7.93. The highest BCUT2D eigenvalue weighted by atomic mass is 16.5. The van der Waals surface area contributed by atoms with Crippen molar-refractivity contribution in [1.29, 1.82) is 0 Å². The van der Waals surface area contributed by atoms with Gasteiger partial charge >= 0.3 is 0 Å². The molecular formula is C14H28N2O4. The molecule has 0 aromatic rings. The Balaban J connectivity index is 2.48. The lowest BCUT2D eigenvalue weighted by atomic mass is 10.0. The lowest BCUT2D eigenvalue weighted by Crippen LogP contribution is -2.59. The van der Waals surface area contributed by atoms with E-state index in [1.165, 1.54) is 0 Å². The molecule has 1 aliphatic rings. The highest BCUT2D eigenvalue weighted by Gasteiger charge is 2.36. The van der Waals surface area contributed by atoms with Crippen molar-refractivity contribution in [2.24, 2.45) is 0 Å². The summed E-state index contributed by atoms with van der Waals surface area (Å²) in [5.41, 5.74) is -0.351. The molecule has 0 radical (unpaired) electrons. The number of nitrogens with zero attached hydrogens (tertiary/aromatic N) is 1. The third-order valence-electron chi connectivity index (χ3n) is 3.46. The van der Waals surface area contributed by atoms with Crippen LogP contribution in [0.15, 0.2) is 0 Å². The molecule has 1 aliphatic heterocycles. The zero-order chi connectivity index (χ0) is 15.2. The van der Waals surface area contributed by atoms with Crippen LogP contribution in [0, 0.1) is 0 Å². The fraction of sp³-hybridized carbons (Fsp3) is 0.929. The molecule has 2 atom stereocenters. The Labute approximate surface area is 121 Å². The van der Waals surface area contributed by atoms with Crippen molar-refractivity contribution in [2.75, 3.05) is 40.0 Å². The molecule has 6 heteroatoms. The van der Waals surface area contributed by atoms with Gasteiger partial charge in [-0.3, -0.25) is 9.69 Å². The van der Waals surface area contributed by atoms with Gasteiger partial charge in [-0.1, -0.05) is 0 Å². The zero-order valence-corrected chi connectivity index (χ0v) is 13.0. The Kier molecular flexibility index (Phi) is 6.88. The van der Waals surface area contributed by atoms with E-state index in [-0.39, 0.29) is 30.3 Å². The van der Waals surface area contributed by atoms with Gasteiger partial charge in [0.1, 0.15) is 0 Å². The van der Waals surface area contributed by atoms with Crippen LogP contribution in [0.25, 0.3) is 0 Å². The lowest BCUT2D eigenvalue weighted by Gasteiger charge is -2.44. The van der Waals surface area contributed by atoms with Crippen LogP contribution in [-0.2, 0) is 14.3 Å². The van der Waals surface area contributed by atoms with Crippen molar-refractivity contribution >= 4 is 5.91 Å². The molecule has 1 saturated heterocycles. The van der Waals surface area contributed by atoms with Crippen molar-refractivity contribution < 1.29 is 19.4 Å². The van der Waals surface area contributed by atoms with Gasteiger partial charge in [-0.25, -0.2) is 0 Å². The third kappa shape index (κ3) is 5.36. The zero-order valence-electron chi connectivity index (χ0n) is 13.0. The van der Waals surface area contributed by atoms with Crippen LogP contribution < -0.4 is 5.32 Å². The van der Waals surface area contributed by atoms with Crippen LogP contribution in [-0.4, -0.2) is 73.6 Å². The van der Waals surface area contributed by atoms with Gasteiger partial charge in [-0.05, 0) is 27.2 Å². The summed E-state index contributed by atoms with van der Waals surface area (Å²) in [6, 6.07) is -0.227. The quantitative estimate of drug-likeness (QED) is 0.645. The van der Waals surface area contributed by atoms with Gasteiger partial charge in [-0.2, -0.15) is 0 Å². The van der Waals surface area contributed by atoms with E-state index in [0.717, 1.165) is 6.42 Å². The van der Waals surface area contributed by atoms with E-state index in [9.17, 15) is 9.90 Å². The SMILES string of the molecule is COCCCNC(=O)C(C)N1CC(CO)OC(C)(C)C1. The molecule has 0 aliphatic carbocycles. The minimum absolute atomic E-state index is 0.00972. The number of nitrogens with one attached hydrogen (secondary N) is 1.